The molecule has 6 heteroatoms. The average molecular weight is 347 g/mol. The van der Waals surface area contributed by atoms with Crippen LogP contribution in [0.25, 0.3) is 0 Å². The zero-order valence-electron chi connectivity index (χ0n) is 15.2. The Kier molecular flexibility index (Phi) is 4.39. The number of carbonyl (C=O) groups is 2. The SMILES string of the molecule is CCC1([C@@H]2C(=O)O[C@@]2(C)C(=O)NCc2cc(OC)cc(OC)c2)CC1. The Balaban J connectivity index is 1.69. The molecule has 0 unspecified atom stereocenters. The molecule has 1 N–H and O–H groups in total. The fraction of sp³-hybridized carbons (Fsp3) is 0.579. The number of cyclic esters (lactones) is 1. The van der Waals surface area contributed by atoms with Crippen LogP contribution in [0, 0.1) is 11.3 Å². The minimum absolute atomic E-state index is 0.0549. The molecule has 0 aromatic heterocycles. The lowest BCUT2D eigenvalue weighted by atomic mass is 9.70. The second-order valence-corrected chi connectivity index (χ2v) is 7.08. The van der Waals surface area contributed by atoms with Crippen molar-refractivity contribution in [3.63, 3.8) is 0 Å². The van der Waals surface area contributed by atoms with Gasteiger partial charge in [-0.1, -0.05) is 6.92 Å². The van der Waals surface area contributed by atoms with E-state index in [1.54, 1.807) is 27.2 Å². The molecule has 3 rings (SSSR count). The van der Waals surface area contributed by atoms with Gasteiger partial charge in [-0.3, -0.25) is 9.59 Å². The van der Waals surface area contributed by atoms with Gasteiger partial charge in [0.05, 0.1) is 14.2 Å². The standard InChI is InChI=1S/C19H25NO5/c1-5-19(6-7-19)15-16(21)25-18(15,2)17(22)20-11-12-8-13(23-3)10-14(9-12)24-4/h8-10,15H,5-7,11H2,1-4H3,(H,20,22)/t15-,18-/m1/s1. The minimum atomic E-state index is -1.08. The molecule has 1 aliphatic heterocycles. The largest absolute Gasteiger partial charge is 0.497 e. The summed E-state index contributed by atoms with van der Waals surface area (Å²) in [7, 11) is 3.16. The van der Waals surface area contributed by atoms with Crippen LogP contribution in [0.2, 0.25) is 0 Å². The first-order valence-corrected chi connectivity index (χ1v) is 8.61. The third kappa shape index (κ3) is 2.94. The van der Waals surface area contributed by atoms with E-state index in [0.29, 0.717) is 18.0 Å². The highest BCUT2D eigenvalue weighted by Gasteiger charge is 2.69. The van der Waals surface area contributed by atoms with Gasteiger partial charge in [-0.2, -0.15) is 0 Å². The van der Waals surface area contributed by atoms with Gasteiger partial charge in [-0.15, -0.1) is 0 Å². The molecule has 1 saturated heterocycles. The molecule has 2 aliphatic rings. The number of amides is 1. The van der Waals surface area contributed by atoms with Crippen molar-refractivity contribution in [3.8, 4) is 11.5 Å². The van der Waals surface area contributed by atoms with E-state index < -0.39 is 5.60 Å². The van der Waals surface area contributed by atoms with E-state index >= 15 is 0 Å². The molecule has 1 aromatic rings. The Hall–Kier alpha value is -2.24. The summed E-state index contributed by atoms with van der Waals surface area (Å²) in [5.41, 5.74) is -0.278. The highest BCUT2D eigenvalue weighted by atomic mass is 16.6. The van der Waals surface area contributed by atoms with Crippen LogP contribution in [-0.2, 0) is 20.9 Å². The lowest BCUT2D eigenvalue weighted by Crippen LogP contribution is -2.66. The zero-order valence-corrected chi connectivity index (χ0v) is 15.2. The predicted octanol–water partition coefficient (Wildman–Crippen LogP) is 2.44. The summed E-state index contributed by atoms with van der Waals surface area (Å²) in [6.07, 6.45) is 2.86. The number of nitrogens with one attached hydrogen (secondary N) is 1. The number of carbonyl (C=O) groups excluding carboxylic acids is 2. The average Bonchev–Trinajstić information content (AvgIpc) is 3.38. The summed E-state index contributed by atoms with van der Waals surface area (Å²) in [5, 5.41) is 2.89. The predicted molar refractivity (Wildman–Crippen MR) is 91.3 cm³/mol. The van der Waals surface area contributed by atoms with Crippen LogP contribution in [0.15, 0.2) is 18.2 Å². The molecular formula is C19H25NO5. The summed E-state index contributed by atoms with van der Waals surface area (Å²) in [6, 6.07) is 5.45. The molecule has 1 saturated carbocycles. The number of rotatable bonds is 7. The van der Waals surface area contributed by atoms with Gasteiger partial charge < -0.3 is 19.5 Å². The van der Waals surface area contributed by atoms with Gasteiger partial charge in [0.15, 0.2) is 0 Å². The number of methoxy groups -OCH3 is 2. The summed E-state index contributed by atoms with van der Waals surface area (Å²) in [6.45, 7) is 4.10. The maximum absolute atomic E-state index is 12.7. The van der Waals surface area contributed by atoms with Gasteiger partial charge >= 0.3 is 5.97 Å². The molecule has 2 atom stereocenters. The molecule has 6 nitrogen and oxygen atoms in total. The van der Waals surface area contributed by atoms with Crippen molar-refractivity contribution in [1.29, 1.82) is 0 Å². The van der Waals surface area contributed by atoms with E-state index in [0.717, 1.165) is 24.8 Å². The van der Waals surface area contributed by atoms with Crippen molar-refractivity contribution < 1.29 is 23.8 Å². The number of hydrogen-bond donors (Lipinski definition) is 1. The Labute approximate surface area is 147 Å². The molecule has 0 bridgehead atoms. The Morgan fingerprint density at radius 3 is 2.28 bits per heavy atom. The molecule has 136 valence electrons. The number of benzene rings is 1. The second-order valence-electron chi connectivity index (χ2n) is 7.08. The van der Waals surface area contributed by atoms with Crippen molar-refractivity contribution >= 4 is 11.9 Å². The lowest BCUT2D eigenvalue weighted by molar-refractivity contribution is -0.219. The smallest absolute Gasteiger partial charge is 0.315 e. The topological polar surface area (TPSA) is 73.9 Å². The number of hydrogen-bond acceptors (Lipinski definition) is 5. The van der Waals surface area contributed by atoms with Crippen LogP contribution in [0.5, 0.6) is 11.5 Å². The molecule has 1 amide bonds. The first kappa shape index (κ1) is 17.6. The molecular weight excluding hydrogens is 322 g/mol. The maximum atomic E-state index is 12.7. The minimum Gasteiger partial charge on any atom is -0.497 e. The molecule has 2 fully saturated rings. The fourth-order valence-electron chi connectivity index (χ4n) is 3.84. The van der Waals surface area contributed by atoms with E-state index in [4.69, 9.17) is 14.2 Å². The number of ether oxygens (including phenoxy) is 3. The third-order valence-electron chi connectivity index (χ3n) is 5.62. The van der Waals surface area contributed by atoms with Gasteiger partial charge in [-0.05, 0) is 49.3 Å². The van der Waals surface area contributed by atoms with Crippen molar-refractivity contribution in [3.05, 3.63) is 23.8 Å². The molecule has 1 heterocycles. The molecule has 0 spiro atoms. The van der Waals surface area contributed by atoms with Gasteiger partial charge in [-0.25, -0.2) is 0 Å². The lowest BCUT2D eigenvalue weighted by Gasteiger charge is -2.47. The molecule has 25 heavy (non-hydrogen) atoms. The Morgan fingerprint density at radius 2 is 1.84 bits per heavy atom. The van der Waals surface area contributed by atoms with Gasteiger partial charge in [0.25, 0.3) is 5.91 Å². The van der Waals surface area contributed by atoms with Crippen LogP contribution in [0.1, 0.15) is 38.7 Å². The maximum Gasteiger partial charge on any atom is 0.315 e. The van der Waals surface area contributed by atoms with Crippen molar-refractivity contribution in [2.24, 2.45) is 11.3 Å². The van der Waals surface area contributed by atoms with Crippen LogP contribution < -0.4 is 14.8 Å². The zero-order chi connectivity index (χ0) is 18.2. The molecule has 1 aliphatic carbocycles. The van der Waals surface area contributed by atoms with Gasteiger partial charge in [0, 0.05) is 12.6 Å². The van der Waals surface area contributed by atoms with E-state index in [2.05, 4.69) is 12.2 Å². The first-order valence-electron chi connectivity index (χ1n) is 8.61. The van der Waals surface area contributed by atoms with E-state index in [1.165, 1.54) is 0 Å². The fourth-order valence-corrected chi connectivity index (χ4v) is 3.84. The van der Waals surface area contributed by atoms with E-state index in [-0.39, 0.29) is 23.2 Å². The highest BCUT2D eigenvalue weighted by molar-refractivity contribution is 5.98. The summed E-state index contributed by atoms with van der Waals surface area (Å²) < 4.78 is 15.8. The molecule has 1 aromatic carbocycles. The van der Waals surface area contributed by atoms with Crippen molar-refractivity contribution in [1.82, 2.24) is 5.32 Å². The highest BCUT2D eigenvalue weighted by Crippen LogP contribution is 2.62. The normalized spacial score (nSPS) is 26.2. The molecule has 0 radical (unpaired) electrons. The van der Waals surface area contributed by atoms with Crippen LogP contribution in [0.3, 0.4) is 0 Å². The second kappa shape index (κ2) is 6.24. The monoisotopic (exact) mass is 347 g/mol. The van der Waals surface area contributed by atoms with Crippen LogP contribution in [0.4, 0.5) is 0 Å². The Morgan fingerprint density at radius 1 is 1.24 bits per heavy atom. The van der Waals surface area contributed by atoms with Crippen LogP contribution in [-0.4, -0.2) is 31.7 Å². The number of esters is 1. The summed E-state index contributed by atoms with van der Waals surface area (Å²) >= 11 is 0. The first-order chi connectivity index (χ1) is 11.9. The third-order valence-corrected chi connectivity index (χ3v) is 5.62. The van der Waals surface area contributed by atoms with Crippen molar-refractivity contribution in [2.45, 2.75) is 45.3 Å². The Bertz CT molecular complexity index is 675. The quantitative estimate of drug-likeness (QED) is 0.767. The van der Waals surface area contributed by atoms with E-state index in [1.807, 2.05) is 12.1 Å². The van der Waals surface area contributed by atoms with Gasteiger partial charge in [0.1, 0.15) is 17.4 Å². The van der Waals surface area contributed by atoms with Gasteiger partial charge in [0.2, 0.25) is 5.60 Å². The van der Waals surface area contributed by atoms with Crippen molar-refractivity contribution in [2.75, 3.05) is 14.2 Å². The van der Waals surface area contributed by atoms with Crippen LogP contribution >= 0.6 is 0 Å². The van der Waals surface area contributed by atoms with E-state index in [9.17, 15) is 9.59 Å². The summed E-state index contributed by atoms with van der Waals surface area (Å²) in [4.78, 5) is 24.7. The summed E-state index contributed by atoms with van der Waals surface area (Å²) in [5.74, 6) is 0.472.